The maximum atomic E-state index is 10.8. The topological polar surface area (TPSA) is 47.6 Å². The molecule has 0 bridgehead atoms. The van der Waals surface area contributed by atoms with Gasteiger partial charge in [0.1, 0.15) is 12.4 Å². The zero-order chi connectivity index (χ0) is 11.1. The summed E-state index contributed by atoms with van der Waals surface area (Å²) in [5.74, 6) is 0.627. The lowest BCUT2D eigenvalue weighted by molar-refractivity contribution is -0.114. The number of carbonyl (C=O) groups excluding carboxylic acids is 1. The molecule has 0 aliphatic heterocycles. The van der Waals surface area contributed by atoms with Crippen molar-refractivity contribution in [2.45, 2.75) is 6.92 Å². The summed E-state index contributed by atoms with van der Waals surface area (Å²) in [5.41, 5.74) is 0.734. The normalized spacial score (nSPS) is 9.73. The molecule has 0 aromatic heterocycles. The number of hydrogen-bond donors (Lipinski definition) is 1. The van der Waals surface area contributed by atoms with E-state index in [1.165, 1.54) is 6.92 Å². The zero-order valence-corrected chi connectivity index (χ0v) is 8.95. The van der Waals surface area contributed by atoms with Crippen LogP contribution in [0, 0.1) is 0 Å². The summed E-state index contributed by atoms with van der Waals surface area (Å²) >= 11 is 0. The Morgan fingerprint density at radius 1 is 1.40 bits per heavy atom. The number of methoxy groups -OCH3 is 1. The summed E-state index contributed by atoms with van der Waals surface area (Å²) in [6, 6.07) is 7.25. The number of benzene rings is 1. The van der Waals surface area contributed by atoms with Gasteiger partial charge in [-0.15, -0.1) is 0 Å². The lowest BCUT2D eigenvalue weighted by Crippen LogP contribution is -2.07. The maximum Gasteiger partial charge on any atom is 0.221 e. The van der Waals surface area contributed by atoms with Gasteiger partial charge in [0.05, 0.1) is 6.61 Å². The van der Waals surface area contributed by atoms with Crippen molar-refractivity contribution in [2.24, 2.45) is 0 Å². The van der Waals surface area contributed by atoms with Crippen molar-refractivity contribution < 1.29 is 14.3 Å². The van der Waals surface area contributed by atoms with Gasteiger partial charge in [-0.3, -0.25) is 4.79 Å². The zero-order valence-electron chi connectivity index (χ0n) is 8.95. The van der Waals surface area contributed by atoms with Gasteiger partial charge < -0.3 is 14.8 Å². The van der Waals surface area contributed by atoms with E-state index in [0.29, 0.717) is 13.2 Å². The van der Waals surface area contributed by atoms with E-state index < -0.39 is 0 Å². The van der Waals surface area contributed by atoms with Crippen molar-refractivity contribution >= 4 is 11.6 Å². The van der Waals surface area contributed by atoms with Gasteiger partial charge in [0, 0.05) is 25.8 Å². The highest BCUT2D eigenvalue weighted by Crippen LogP contribution is 2.16. The van der Waals surface area contributed by atoms with Crippen molar-refractivity contribution in [1.82, 2.24) is 0 Å². The van der Waals surface area contributed by atoms with Crippen molar-refractivity contribution in [3.63, 3.8) is 0 Å². The summed E-state index contributed by atoms with van der Waals surface area (Å²) in [5, 5.41) is 2.69. The molecule has 4 heteroatoms. The predicted octanol–water partition coefficient (Wildman–Crippen LogP) is 1.67. The fourth-order valence-electron chi connectivity index (χ4n) is 1.11. The Morgan fingerprint density at radius 2 is 2.20 bits per heavy atom. The van der Waals surface area contributed by atoms with Crippen molar-refractivity contribution in [2.75, 3.05) is 25.6 Å². The number of anilines is 1. The Morgan fingerprint density at radius 3 is 2.87 bits per heavy atom. The SMILES string of the molecule is COCCOc1cccc(NC(C)=O)c1. The highest BCUT2D eigenvalue weighted by molar-refractivity contribution is 5.88. The van der Waals surface area contributed by atoms with Gasteiger partial charge in [0.2, 0.25) is 5.91 Å². The second-order valence-electron chi connectivity index (χ2n) is 3.05. The molecule has 1 amide bonds. The molecule has 0 saturated carbocycles. The van der Waals surface area contributed by atoms with Crippen LogP contribution in [0.5, 0.6) is 5.75 Å². The van der Waals surface area contributed by atoms with E-state index in [9.17, 15) is 4.79 Å². The molecule has 0 unspecified atom stereocenters. The first kappa shape index (κ1) is 11.5. The first-order valence-electron chi connectivity index (χ1n) is 4.72. The Kier molecular flexibility index (Phi) is 4.63. The van der Waals surface area contributed by atoms with Gasteiger partial charge in [0.15, 0.2) is 0 Å². The van der Waals surface area contributed by atoms with Gasteiger partial charge in [-0.1, -0.05) is 6.07 Å². The minimum absolute atomic E-state index is 0.0935. The smallest absolute Gasteiger partial charge is 0.221 e. The summed E-state index contributed by atoms with van der Waals surface area (Å²) in [4.78, 5) is 10.8. The molecule has 1 rings (SSSR count). The average Bonchev–Trinajstić information content (AvgIpc) is 2.18. The number of amides is 1. The van der Waals surface area contributed by atoms with Gasteiger partial charge in [0.25, 0.3) is 0 Å². The molecule has 0 atom stereocenters. The molecular formula is C11H15NO3. The molecule has 0 radical (unpaired) electrons. The molecule has 0 heterocycles. The standard InChI is InChI=1S/C11H15NO3/c1-9(13)12-10-4-3-5-11(8-10)15-7-6-14-2/h3-5,8H,6-7H2,1-2H3,(H,12,13). The molecule has 82 valence electrons. The molecule has 1 aromatic carbocycles. The highest BCUT2D eigenvalue weighted by atomic mass is 16.5. The molecule has 0 saturated heterocycles. The van der Waals surface area contributed by atoms with Gasteiger partial charge in [-0.25, -0.2) is 0 Å². The molecule has 15 heavy (non-hydrogen) atoms. The Balaban J connectivity index is 2.53. The van der Waals surface area contributed by atoms with E-state index in [0.717, 1.165) is 11.4 Å². The average molecular weight is 209 g/mol. The monoisotopic (exact) mass is 209 g/mol. The predicted molar refractivity (Wildman–Crippen MR) is 58.1 cm³/mol. The van der Waals surface area contributed by atoms with Gasteiger partial charge in [-0.2, -0.15) is 0 Å². The molecular weight excluding hydrogens is 194 g/mol. The Bertz CT molecular complexity index is 325. The van der Waals surface area contributed by atoms with Crippen LogP contribution in [0.25, 0.3) is 0 Å². The van der Waals surface area contributed by atoms with Crippen molar-refractivity contribution in [1.29, 1.82) is 0 Å². The van der Waals surface area contributed by atoms with E-state index in [2.05, 4.69) is 5.32 Å². The number of rotatable bonds is 5. The molecule has 0 spiro atoms. The molecule has 1 aromatic rings. The molecule has 1 N–H and O–H groups in total. The number of nitrogens with one attached hydrogen (secondary N) is 1. The van der Waals surface area contributed by atoms with Crippen LogP contribution in [0.3, 0.4) is 0 Å². The second-order valence-corrected chi connectivity index (χ2v) is 3.05. The van der Waals surface area contributed by atoms with Gasteiger partial charge in [-0.05, 0) is 12.1 Å². The maximum absolute atomic E-state index is 10.8. The van der Waals surface area contributed by atoms with Crippen LogP contribution in [-0.2, 0) is 9.53 Å². The van der Waals surface area contributed by atoms with Crippen LogP contribution in [0.4, 0.5) is 5.69 Å². The second kappa shape index (κ2) is 6.03. The minimum Gasteiger partial charge on any atom is -0.491 e. The van der Waals surface area contributed by atoms with Crippen LogP contribution in [-0.4, -0.2) is 26.2 Å². The number of ether oxygens (including phenoxy) is 2. The Hall–Kier alpha value is -1.55. The lowest BCUT2D eigenvalue weighted by Gasteiger charge is -2.07. The summed E-state index contributed by atoms with van der Waals surface area (Å²) in [7, 11) is 1.62. The van der Waals surface area contributed by atoms with E-state index in [4.69, 9.17) is 9.47 Å². The first-order chi connectivity index (χ1) is 7.22. The highest BCUT2D eigenvalue weighted by Gasteiger charge is 1.98. The first-order valence-corrected chi connectivity index (χ1v) is 4.72. The molecule has 4 nitrogen and oxygen atoms in total. The quantitative estimate of drug-likeness (QED) is 0.750. The third kappa shape index (κ3) is 4.46. The third-order valence-corrected chi connectivity index (χ3v) is 1.71. The van der Waals surface area contributed by atoms with E-state index in [-0.39, 0.29) is 5.91 Å². The summed E-state index contributed by atoms with van der Waals surface area (Å²) in [6.07, 6.45) is 0. The summed E-state index contributed by atoms with van der Waals surface area (Å²) < 4.78 is 10.3. The minimum atomic E-state index is -0.0935. The lowest BCUT2D eigenvalue weighted by atomic mass is 10.3. The largest absolute Gasteiger partial charge is 0.491 e. The third-order valence-electron chi connectivity index (χ3n) is 1.71. The van der Waals surface area contributed by atoms with E-state index >= 15 is 0 Å². The van der Waals surface area contributed by atoms with Crippen LogP contribution >= 0.6 is 0 Å². The summed E-state index contributed by atoms with van der Waals surface area (Å²) in [6.45, 7) is 2.52. The van der Waals surface area contributed by atoms with E-state index in [1.54, 1.807) is 13.2 Å². The van der Waals surface area contributed by atoms with Crippen molar-refractivity contribution in [3.8, 4) is 5.75 Å². The number of hydrogen-bond acceptors (Lipinski definition) is 3. The molecule has 0 aliphatic rings. The van der Waals surface area contributed by atoms with E-state index in [1.807, 2.05) is 18.2 Å². The Labute approximate surface area is 89.2 Å². The van der Waals surface area contributed by atoms with Crippen molar-refractivity contribution in [3.05, 3.63) is 24.3 Å². The fourth-order valence-corrected chi connectivity index (χ4v) is 1.11. The van der Waals surface area contributed by atoms with Crippen LogP contribution in [0.1, 0.15) is 6.92 Å². The molecule has 0 fully saturated rings. The van der Waals surface area contributed by atoms with Crippen LogP contribution in [0.2, 0.25) is 0 Å². The van der Waals surface area contributed by atoms with Crippen LogP contribution in [0.15, 0.2) is 24.3 Å². The fraction of sp³-hybridized carbons (Fsp3) is 0.364. The van der Waals surface area contributed by atoms with Gasteiger partial charge >= 0.3 is 0 Å². The number of carbonyl (C=O) groups is 1. The molecule has 0 aliphatic carbocycles. The van der Waals surface area contributed by atoms with Crippen LogP contribution < -0.4 is 10.1 Å².